The summed E-state index contributed by atoms with van der Waals surface area (Å²) in [5, 5.41) is 20.6. The maximum atomic E-state index is 12.1. The van der Waals surface area contributed by atoms with E-state index in [1.165, 1.54) is 0 Å². The third-order valence-corrected chi connectivity index (χ3v) is 4.62. The predicted octanol–water partition coefficient (Wildman–Crippen LogP) is 2.12. The molecule has 2 aromatic heterocycles. The number of nitrogens with zero attached hydrogens (tertiary/aromatic N) is 1. The summed E-state index contributed by atoms with van der Waals surface area (Å²) >= 11 is 1.57. The Bertz CT molecular complexity index is 650. The molecular weight excluding hydrogens is 290 g/mol. The molecule has 3 N–H and O–H groups in total. The fourth-order valence-corrected chi connectivity index (χ4v) is 3.28. The number of nitrogens with one attached hydrogen (secondary N) is 2. The molecule has 7 heteroatoms. The summed E-state index contributed by atoms with van der Waals surface area (Å²) < 4.78 is 0. The second-order valence-electron chi connectivity index (χ2n) is 5.16. The summed E-state index contributed by atoms with van der Waals surface area (Å²) in [7, 11) is 0. The molecule has 1 saturated carbocycles. The van der Waals surface area contributed by atoms with Crippen LogP contribution in [0.3, 0.4) is 0 Å². The average molecular weight is 305 g/mol. The van der Waals surface area contributed by atoms with Crippen LogP contribution in [0.15, 0.2) is 23.6 Å². The van der Waals surface area contributed by atoms with Crippen molar-refractivity contribution in [2.75, 3.05) is 0 Å². The molecule has 0 aromatic carbocycles. The number of carbonyl (C=O) groups excluding carboxylic acids is 1. The number of aliphatic carboxylic acids is 1. The number of carboxylic acids is 1. The maximum Gasteiger partial charge on any atom is 0.306 e. The van der Waals surface area contributed by atoms with E-state index in [1.54, 1.807) is 17.4 Å². The molecule has 1 aliphatic rings. The predicted molar refractivity (Wildman–Crippen MR) is 78.1 cm³/mol. The smallest absolute Gasteiger partial charge is 0.306 e. The Morgan fingerprint density at radius 2 is 2.29 bits per heavy atom. The summed E-state index contributed by atoms with van der Waals surface area (Å²) in [5.41, 5.74) is 1.14. The van der Waals surface area contributed by atoms with E-state index in [1.807, 2.05) is 17.5 Å². The van der Waals surface area contributed by atoms with Gasteiger partial charge in [-0.2, -0.15) is 5.10 Å². The van der Waals surface area contributed by atoms with E-state index in [0.29, 0.717) is 25.0 Å². The van der Waals surface area contributed by atoms with Gasteiger partial charge in [0.2, 0.25) is 0 Å². The van der Waals surface area contributed by atoms with Crippen LogP contribution in [0.4, 0.5) is 0 Å². The van der Waals surface area contributed by atoms with Gasteiger partial charge in [-0.1, -0.05) is 6.07 Å². The van der Waals surface area contributed by atoms with Crippen molar-refractivity contribution in [3.8, 4) is 10.6 Å². The number of hydrogen-bond acceptors (Lipinski definition) is 4. The molecule has 21 heavy (non-hydrogen) atoms. The van der Waals surface area contributed by atoms with Gasteiger partial charge in [0.05, 0.1) is 16.5 Å². The quantitative estimate of drug-likeness (QED) is 0.806. The molecule has 0 unspecified atom stereocenters. The van der Waals surface area contributed by atoms with Crippen LogP contribution in [0.5, 0.6) is 0 Å². The Morgan fingerprint density at radius 1 is 1.43 bits per heavy atom. The van der Waals surface area contributed by atoms with Gasteiger partial charge in [-0.25, -0.2) is 0 Å². The maximum absolute atomic E-state index is 12.1. The van der Waals surface area contributed by atoms with Crippen LogP contribution >= 0.6 is 11.3 Å². The fraction of sp³-hybridized carbons (Fsp3) is 0.357. The van der Waals surface area contributed by atoms with Gasteiger partial charge < -0.3 is 10.4 Å². The van der Waals surface area contributed by atoms with E-state index in [9.17, 15) is 9.59 Å². The molecule has 110 valence electrons. The van der Waals surface area contributed by atoms with Crippen LogP contribution < -0.4 is 5.32 Å². The number of aromatic nitrogens is 2. The topological polar surface area (TPSA) is 95.1 Å². The number of carbonyl (C=O) groups is 2. The van der Waals surface area contributed by atoms with E-state index in [4.69, 9.17) is 5.11 Å². The number of aromatic amines is 1. The first-order valence-electron chi connectivity index (χ1n) is 6.76. The Balaban J connectivity index is 1.63. The van der Waals surface area contributed by atoms with Crippen LogP contribution in [0.1, 0.15) is 29.8 Å². The first kappa shape index (κ1) is 13.8. The molecule has 1 aliphatic carbocycles. The Morgan fingerprint density at radius 3 is 2.95 bits per heavy atom. The number of amides is 1. The van der Waals surface area contributed by atoms with Gasteiger partial charge in [0.1, 0.15) is 0 Å². The monoisotopic (exact) mass is 305 g/mol. The van der Waals surface area contributed by atoms with Crippen molar-refractivity contribution in [1.29, 1.82) is 0 Å². The molecule has 2 heterocycles. The highest BCUT2D eigenvalue weighted by atomic mass is 32.1. The number of carboxylic acid groups (broad SMARTS) is 1. The van der Waals surface area contributed by atoms with Crippen LogP contribution in [-0.4, -0.2) is 33.2 Å². The van der Waals surface area contributed by atoms with Crippen molar-refractivity contribution in [1.82, 2.24) is 15.5 Å². The normalized spacial score (nSPS) is 21.3. The van der Waals surface area contributed by atoms with E-state index in [-0.39, 0.29) is 17.9 Å². The van der Waals surface area contributed by atoms with Gasteiger partial charge in [-0.05, 0) is 36.8 Å². The van der Waals surface area contributed by atoms with Crippen molar-refractivity contribution in [2.45, 2.75) is 25.3 Å². The van der Waals surface area contributed by atoms with Crippen LogP contribution in [-0.2, 0) is 4.79 Å². The Labute approximate surface area is 125 Å². The highest BCUT2D eigenvalue weighted by Crippen LogP contribution is 2.26. The minimum absolute atomic E-state index is 0.0829. The van der Waals surface area contributed by atoms with Gasteiger partial charge in [0.15, 0.2) is 5.69 Å². The SMILES string of the molecule is O=C(N[C@@H]1CC[C@H](C(=O)O)C1)c1cc(-c2cccs2)[nH]n1. The zero-order chi connectivity index (χ0) is 14.8. The van der Waals surface area contributed by atoms with Gasteiger partial charge in [-0.3, -0.25) is 14.7 Å². The molecule has 2 aromatic rings. The van der Waals surface area contributed by atoms with Gasteiger partial charge >= 0.3 is 5.97 Å². The molecule has 0 spiro atoms. The first-order chi connectivity index (χ1) is 10.1. The van der Waals surface area contributed by atoms with Crippen LogP contribution in [0.25, 0.3) is 10.6 Å². The van der Waals surface area contributed by atoms with Crippen molar-refractivity contribution in [3.05, 3.63) is 29.3 Å². The van der Waals surface area contributed by atoms with Crippen molar-refractivity contribution in [2.24, 2.45) is 5.92 Å². The number of thiophene rings is 1. The Hall–Kier alpha value is -2.15. The van der Waals surface area contributed by atoms with Crippen LogP contribution in [0.2, 0.25) is 0 Å². The van der Waals surface area contributed by atoms with E-state index in [0.717, 1.165) is 10.6 Å². The number of hydrogen-bond donors (Lipinski definition) is 3. The first-order valence-corrected chi connectivity index (χ1v) is 7.64. The molecule has 2 atom stereocenters. The minimum Gasteiger partial charge on any atom is -0.481 e. The summed E-state index contributed by atoms with van der Waals surface area (Å²) in [4.78, 5) is 24.1. The lowest BCUT2D eigenvalue weighted by molar-refractivity contribution is -0.141. The van der Waals surface area contributed by atoms with E-state index in [2.05, 4.69) is 15.5 Å². The summed E-state index contributed by atoms with van der Waals surface area (Å²) in [5.74, 6) is -1.40. The zero-order valence-corrected chi connectivity index (χ0v) is 12.0. The molecule has 0 bridgehead atoms. The van der Waals surface area contributed by atoms with Gasteiger partial charge in [-0.15, -0.1) is 11.3 Å². The molecule has 6 nitrogen and oxygen atoms in total. The molecular formula is C14H15N3O3S. The van der Waals surface area contributed by atoms with Gasteiger partial charge in [0.25, 0.3) is 5.91 Å². The van der Waals surface area contributed by atoms with Gasteiger partial charge in [0, 0.05) is 6.04 Å². The summed E-state index contributed by atoms with van der Waals surface area (Å²) in [6.45, 7) is 0. The summed E-state index contributed by atoms with van der Waals surface area (Å²) in [6.07, 6.45) is 1.80. The Kier molecular flexibility index (Phi) is 3.74. The fourth-order valence-electron chi connectivity index (χ4n) is 2.59. The lowest BCUT2D eigenvalue weighted by Gasteiger charge is -2.10. The van der Waals surface area contributed by atoms with Crippen molar-refractivity contribution in [3.63, 3.8) is 0 Å². The number of rotatable bonds is 4. The minimum atomic E-state index is -0.786. The average Bonchev–Trinajstić information content (AvgIpc) is 3.19. The zero-order valence-electron chi connectivity index (χ0n) is 11.2. The molecule has 0 aliphatic heterocycles. The standard InChI is InChI=1S/C14H15N3O3S/c18-13(15-9-4-3-8(6-9)14(19)20)11-7-10(16-17-11)12-2-1-5-21-12/h1-2,5,7-9H,3-4,6H2,(H,15,18)(H,16,17)(H,19,20)/t8-,9+/m0/s1. The second-order valence-corrected chi connectivity index (χ2v) is 6.11. The summed E-state index contributed by atoms with van der Waals surface area (Å²) in [6, 6.07) is 5.52. The van der Waals surface area contributed by atoms with Crippen molar-refractivity contribution >= 4 is 23.2 Å². The third-order valence-electron chi connectivity index (χ3n) is 3.71. The lowest BCUT2D eigenvalue weighted by Crippen LogP contribution is -2.33. The van der Waals surface area contributed by atoms with E-state index >= 15 is 0 Å². The third kappa shape index (κ3) is 2.97. The highest BCUT2D eigenvalue weighted by molar-refractivity contribution is 7.13. The van der Waals surface area contributed by atoms with E-state index < -0.39 is 5.97 Å². The highest BCUT2D eigenvalue weighted by Gasteiger charge is 2.31. The number of H-pyrrole nitrogens is 1. The van der Waals surface area contributed by atoms with Crippen molar-refractivity contribution < 1.29 is 14.7 Å². The molecule has 3 rings (SSSR count). The molecule has 0 saturated heterocycles. The molecule has 0 radical (unpaired) electrons. The molecule has 1 amide bonds. The largest absolute Gasteiger partial charge is 0.481 e. The van der Waals surface area contributed by atoms with Crippen LogP contribution in [0, 0.1) is 5.92 Å². The second kappa shape index (κ2) is 5.69. The lowest BCUT2D eigenvalue weighted by atomic mass is 10.1. The molecule has 1 fully saturated rings.